The van der Waals surface area contributed by atoms with Crippen LogP contribution in [0.4, 0.5) is 13.2 Å². The summed E-state index contributed by atoms with van der Waals surface area (Å²) >= 11 is 1.27. The Hall–Kier alpha value is -3.95. The largest absolute Gasteiger partial charge is 0.435 e. The van der Waals surface area contributed by atoms with E-state index in [0.29, 0.717) is 23.5 Å². The van der Waals surface area contributed by atoms with Gasteiger partial charge in [0.05, 0.1) is 6.54 Å². The molecule has 0 saturated carbocycles. The molecule has 0 saturated heterocycles. The van der Waals surface area contributed by atoms with Gasteiger partial charge in [-0.1, -0.05) is 30.3 Å². The molecular weight excluding hydrogens is 517 g/mol. The summed E-state index contributed by atoms with van der Waals surface area (Å²) in [6, 6.07) is 10.5. The van der Waals surface area contributed by atoms with E-state index in [-0.39, 0.29) is 23.6 Å². The fourth-order valence-corrected chi connectivity index (χ4v) is 5.53. The van der Waals surface area contributed by atoms with Crippen molar-refractivity contribution in [3.05, 3.63) is 75.3 Å². The number of benzene rings is 1. The number of nitriles is 1. The number of alkyl halides is 3. The summed E-state index contributed by atoms with van der Waals surface area (Å²) in [5.74, 6) is -1.53. The zero-order valence-electron chi connectivity index (χ0n) is 20.7. The highest BCUT2D eigenvalue weighted by molar-refractivity contribution is 7.12. The van der Waals surface area contributed by atoms with Crippen molar-refractivity contribution in [3.63, 3.8) is 0 Å². The molecule has 1 atom stereocenters. The average molecular weight is 543 g/mol. The van der Waals surface area contributed by atoms with E-state index in [1.54, 1.807) is 41.3 Å². The second-order valence-electron chi connectivity index (χ2n) is 9.18. The van der Waals surface area contributed by atoms with E-state index in [4.69, 9.17) is 5.73 Å². The predicted octanol–water partition coefficient (Wildman–Crippen LogP) is 3.58. The summed E-state index contributed by atoms with van der Waals surface area (Å²) in [5.41, 5.74) is 5.49. The fourth-order valence-electron chi connectivity index (χ4n) is 4.49. The first-order valence-corrected chi connectivity index (χ1v) is 12.4. The van der Waals surface area contributed by atoms with Crippen LogP contribution in [-0.2, 0) is 28.9 Å². The number of thiophene rings is 1. The zero-order chi connectivity index (χ0) is 27.6. The molecule has 3 heterocycles. The molecule has 198 valence electrons. The van der Waals surface area contributed by atoms with E-state index in [0.717, 1.165) is 21.3 Å². The topological polar surface area (TPSA) is 108 Å². The van der Waals surface area contributed by atoms with Crippen LogP contribution in [0.15, 0.2) is 48.7 Å². The highest BCUT2D eigenvalue weighted by Gasteiger charge is 2.39. The number of carbonyl (C=O) groups excluding carboxylic acids is 2. The van der Waals surface area contributed by atoms with Crippen molar-refractivity contribution >= 4 is 23.2 Å². The Morgan fingerprint density at radius 2 is 2.00 bits per heavy atom. The molecule has 2 aromatic heterocycles. The van der Waals surface area contributed by atoms with E-state index in [1.807, 2.05) is 19.0 Å². The lowest BCUT2D eigenvalue weighted by molar-refractivity contribution is -0.141. The molecule has 0 spiro atoms. The van der Waals surface area contributed by atoms with Crippen molar-refractivity contribution in [2.24, 2.45) is 5.73 Å². The number of carbonyl (C=O) groups is 2. The van der Waals surface area contributed by atoms with E-state index < -0.39 is 30.2 Å². The molecule has 4 rings (SSSR count). The number of fused-ring (bicyclic) bond motifs is 1. The molecule has 2 amide bonds. The quantitative estimate of drug-likeness (QED) is 0.459. The molecule has 0 unspecified atom stereocenters. The maximum atomic E-state index is 14.0. The summed E-state index contributed by atoms with van der Waals surface area (Å²) < 4.78 is 42.9. The van der Waals surface area contributed by atoms with Crippen molar-refractivity contribution in [2.45, 2.75) is 25.2 Å². The lowest BCUT2D eigenvalue weighted by atomic mass is 9.83. The molecule has 0 bridgehead atoms. The summed E-state index contributed by atoms with van der Waals surface area (Å²) in [6.45, 7) is 0.587. The lowest BCUT2D eigenvalue weighted by Crippen LogP contribution is -2.37. The van der Waals surface area contributed by atoms with Crippen molar-refractivity contribution in [2.75, 3.05) is 27.2 Å². The Balaban J connectivity index is 1.82. The molecule has 0 radical (unpaired) electrons. The Bertz CT molecular complexity index is 1430. The number of primary amides is 1. The number of hydrogen-bond acceptors (Lipinski definition) is 6. The highest BCUT2D eigenvalue weighted by Crippen LogP contribution is 2.44. The molecule has 12 heteroatoms. The molecule has 0 fully saturated rings. The third-order valence-corrected chi connectivity index (χ3v) is 7.12. The predicted molar refractivity (Wildman–Crippen MR) is 136 cm³/mol. The van der Waals surface area contributed by atoms with Crippen molar-refractivity contribution < 1.29 is 22.8 Å². The minimum atomic E-state index is -4.78. The van der Waals surface area contributed by atoms with E-state index in [2.05, 4.69) is 11.2 Å². The van der Waals surface area contributed by atoms with Crippen LogP contribution in [0.5, 0.6) is 0 Å². The van der Waals surface area contributed by atoms with Gasteiger partial charge in [-0.05, 0) is 36.9 Å². The summed E-state index contributed by atoms with van der Waals surface area (Å²) in [4.78, 5) is 29.2. The van der Waals surface area contributed by atoms with Gasteiger partial charge in [-0.25, -0.2) is 0 Å². The second kappa shape index (κ2) is 10.8. The van der Waals surface area contributed by atoms with Crippen LogP contribution in [-0.4, -0.2) is 58.6 Å². The monoisotopic (exact) mass is 542 g/mol. The first-order valence-electron chi connectivity index (χ1n) is 11.6. The van der Waals surface area contributed by atoms with Gasteiger partial charge < -0.3 is 15.5 Å². The maximum Gasteiger partial charge on any atom is 0.435 e. The van der Waals surface area contributed by atoms with Gasteiger partial charge in [0, 0.05) is 41.7 Å². The number of hydrogen-bond donors (Lipinski definition) is 1. The molecule has 1 aliphatic heterocycles. The lowest BCUT2D eigenvalue weighted by Gasteiger charge is -2.33. The first kappa shape index (κ1) is 27.1. The number of nitrogens with zero attached hydrogens (tertiary/aromatic N) is 5. The van der Waals surface area contributed by atoms with Gasteiger partial charge in [-0.3, -0.25) is 14.3 Å². The van der Waals surface area contributed by atoms with Crippen LogP contribution >= 0.6 is 11.3 Å². The van der Waals surface area contributed by atoms with Crippen LogP contribution in [0.3, 0.4) is 0 Å². The van der Waals surface area contributed by atoms with Gasteiger partial charge >= 0.3 is 6.18 Å². The van der Waals surface area contributed by atoms with Crippen molar-refractivity contribution in [3.8, 4) is 17.2 Å². The van der Waals surface area contributed by atoms with E-state index in [9.17, 15) is 28.0 Å². The van der Waals surface area contributed by atoms with Crippen molar-refractivity contribution in [1.29, 1.82) is 5.26 Å². The Kier molecular flexibility index (Phi) is 7.71. The van der Waals surface area contributed by atoms with Crippen LogP contribution in [0, 0.1) is 11.3 Å². The summed E-state index contributed by atoms with van der Waals surface area (Å²) in [6.07, 6.45) is -0.378. The van der Waals surface area contributed by atoms with Crippen molar-refractivity contribution in [1.82, 2.24) is 19.6 Å². The van der Waals surface area contributed by atoms with Gasteiger partial charge in [0.2, 0.25) is 11.8 Å². The third kappa shape index (κ3) is 5.79. The third-order valence-electron chi connectivity index (χ3n) is 6.08. The molecule has 0 aliphatic carbocycles. The first-order chi connectivity index (χ1) is 18.0. The smallest absolute Gasteiger partial charge is 0.368 e. The van der Waals surface area contributed by atoms with Crippen LogP contribution in [0.1, 0.15) is 32.5 Å². The maximum absolute atomic E-state index is 14.0. The number of rotatable bonds is 7. The molecule has 2 N–H and O–H groups in total. The molecule has 3 aromatic rings. The van der Waals surface area contributed by atoms with Gasteiger partial charge in [-0.2, -0.15) is 23.5 Å². The Labute approximate surface area is 221 Å². The standard InChI is InChI=1S/C26H25F3N6O2S/c1-33(2)9-5-8-24(37)34-12-20(19-10-16(11-30)38-22(19)14-34)17-6-3-4-7-18(17)21-13-35(15-23(31)36)32-25(21)26(27,28)29/h3-8,10,13,20H,9,12,14-15H2,1-2H3,(H2,31,36)/b8-5+/t20-/m1/s1. The fraction of sp³-hybridized carbons (Fsp3) is 0.308. The van der Waals surface area contributed by atoms with Crippen LogP contribution < -0.4 is 5.73 Å². The summed E-state index contributed by atoms with van der Waals surface area (Å²) in [7, 11) is 3.76. The van der Waals surface area contributed by atoms with Gasteiger partial charge in [0.15, 0.2) is 5.69 Å². The highest BCUT2D eigenvalue weighted by atomic mass is 32.1. The van der Waals surface area contributed by atoms with E-state index in [1.165, 1.54) is 17.4 Å². The SMILES string of the molecule is CN(C)C/C=C/C(=O)N1Cc2sc(C#N)cc2[C@@H](c2ccccc2-c2cn(CC(N)=O)nc2C(F)(F)F)C1. The number of aromatic nitrogens is 2. The van der Waals surface area contributed by atoms with Crippen LogP contribution in [0.2, 0.25) is 0 Å². The molecule has 1 aromatic carbocycles. The van der Waals surface area contributed by atoms with Gasteiger partial charge in [0.25, 0.3) is 0 Å². The van der Waals surface area contributed by atoms with Gasteiger partial charge in [0.1, 0.15) is 17.5 Å². The average Bonchev–Trinajstić information content (AvgIpc) is 3.46. The van der Waals surface area contributed by atoms with E-state index >= 15 is 0 Å². The molecule has 1 aliphatic rings. The minimum absolute atomic E-state index is 0.194. The second-order valence-corrected chi connectivity index (χ2v) is 10.3. The number of nitrogens with two attached hydrogens (primary N) is 1. The zero-order valence-corrected chi connectivity index (χ0v) is 21.5. The minimum Gasteiger partial charge on any atom is -0.368 e. The molecule has 38 heavy (non-hydrogen) atoms. The normalized spacial score (nSPS) is 15.6. The molecule has 8 nitrogen and oxygen atoms in total. The Morgan fingerprint density at radius 3 is 2.66 bits per heavy atom. The summed E-state index contributed by atoms with van der Waals surface area (Å²) in [5, 5.41) is 13.1. The molecular formula is C26H25F3N6O2S. The Morgan fingerprint density at radius 1 is 1.26 bits per heavy atom. The number of amides is 2. The van der Waals surface area contributed by atoms with Crippen LogP contribution in [0.25, 0.3) is 11.1 Å². The number of halogens is 3. The van der Waals surface area contributed by atoms with Gasteiger partial charge in [-0.15, -0.1) is 11.3 Å². The number of likely N-dealkylation sites (N-methyl/N-ethyl adjacent to an activating group) is 1.